The Morgan fingerprint density at radius 2 is 2.32 bits per heavy atom. The van der Waals surface area contributed by atoms with Gasteiger partial charge in [0.15, 0.2) is 0 Å². The van der Waals surface area contributed by atoms with E-state index in [4.69, 9.17) is 14.7 Å². The molecule has 1 heterocycles. The number of hydrogen-bond donors (Lipinski definition) is 0. The molecule has 1 aliphatic rings. The molecule has 1 saturated heterocycles. The van der Waals surface area contributed by atoms with E-state index in [2.05, 4.69) is 24.8 Å². The molecule has 1 aromatic carbocycles. The molecule has 0 unspecified atom stereocenters. The van der Waals surface area contributed by atoms with Crippen LogP contribution in [0.1, 0.15) is 19.4 Å². The molecule has 0 amide bonds. The van der Waals surface area contributed by atoms with Crippen molar-refractivity contribution in [2.45, 2.75) is 26.0 Å². The Bertz CT molecular complexity index is 456. The van der Waals surface area contributed by atoms with Crippen LogP contribution in [0.15, 0.2) is 24.3 Å². The van der Waals surface area contributed by atoms with Crippen molar-refractivity contribution in [2.75, 3.05) is 26.3 Å². The molecule has 2 rings (SSSR count). The topological polar surface area (TPSA) is 45.5 Å². The molecule has 0 aromatic heterocycles. The van der Waals surface area contributed by atoms with Crippen molar-refractivity contribution in [2.24, 2.45) is 0 Å². The predicted molar refractivity (Wildman–Crippen MR) is 73.1 cm³/mol. The highest BCUT2D eigenvalue weighted by atomic mass is 16.5. The Labute approximate surface area is 114 Å². The first-order valence-corrected chi connectivity index (χ1v) is 6.67. The van der Waals surface area contributed by atoms with E-state index < -0.39 is 0 Å². The summed E-state index contributed by atoms with van der Waals surface area (Å²) in [7, 11) is 0. The summed E-state index contributed by atoms with van der Waals surface area (Å²) in [5.41, 5.74) is 0.630. The van der Waals surface area contributed by atoms with E-state index >= 15 is 0 Å². The van der Waals surface area contributed by atoms with E-state index in [1.54, 1.807) is 12.1 Å². The zero-order valence-corrected chi connectivity index (χ0v) is 11.5. The smallest absolute Gasteiger partial charge is 0.120 e. The fourth-order valence-corrected chi connectivity index (χ4v) is 2.22. The van der Waals surface area contributed by atoms with Crippen LogP contribution in [0.4, 0.5) is 0 Å². The fourth-order valence-electron chi connectivity index (χ4n) is 2.22. The molecule has 0 spiro atoms. The lowest BCUT2D eigenvalue weighted by Crippen LogP contribution is -2.48. The lowest BCUT2D eigenvalue weighted by atomic mass is 10.2. The lowest BCUT2D eigenvalue weighted by Gasteiger charge is -2.36. The van der Waals surface area contributed by atoms with Crippen LogP contribution in [0, 0.1) is 11.3 Å². The van der Waals surface area contributed by atoms with Gasteiger partial charge >= 0.3 is 0 Å². The molecular weight excluding hydrogens is 240 g/mol. The third kappa shape index (κ3) is 3.95. The van der Waals surface area contributed by atoms with Crippen molar-refractivity contribution in [3.8, 4) is 11.8 Å². The fraction of sp³-hybridized carbons (Fsp3) is 0.533. The van der Waals surface area contributed by atoms with E-state index in [1.165, 1.54) is 0 Å². The quantitative estimate of drug-likeness (QED) is 0.831. The summed E-state index contributed by atoms with van der Waals surface area (Å²) in [6, 6.07) is 9.82. The molecule has 0 radical (unpaired) electrons. The number of benzene rings is 1. The molecule has 4 heteroatoms. The minimum atomic E-state index is 0.290. The van der Waals surface area contributed by atoms with Gasteiger partial charge in [-0.05, 0) is 32.0 Å². The van der Waals surface area contributed by atoms with Gasteiger partial charge in [-0.25, -0.2) is 0 Å². The van der Waals surface area contributed by atoms with Gasteiger partial charge in [0.1, 0.15) is 12.4 Å². The first-order chi connectivity index (χ1) is 9.19. The van der Waals surface area contributed by atoms with Crippen LogP contribution in [-0.4, -0.2) is 43.3 Å². The van der Waals surface area contributed by atoms with Crippen molar-refractivity contribution < 1.29 is 9.47 Å². The Balaban J connectivity index is 1.81. The van der Waals surface area contributed by atoms with Gasteiger partial charge in [0.05, 0.1) is 24.3 Å². The van der Waals surface area contributed by atoms with Crippen LogP contribution in [0.3, 0.4) is 0 Å². The maximum absolute atomic E-state index is 8.83. The normalized spacial score (nSPS) is 23.8. The Morgan fingerprint density at radius 1 is 1.47 bits per heavy atom. The minimum absolute atomic E-state index is 0.290. The summed E-state index contributed by atoms with van der Waals surface area (Å²) in [5.74, 6) is 0.757. The maximum Gasteiger partial charge on any atom is 0.120 e. The molecule has 0 bridgehead atoms. The van der Waals surface area contributed by atoms with Gasteiger partial charge in [0, 0.05) is 19.1 Å². The van der Waals surface area contributed by atoms with Crippen LogP contribution < -0.4 is 4.74 Å². The van der Waals surface area contributed by atoms with Gasteiger partial charge in [-0.2, -0.15) is 5.26 Å². The second-order valence-corrected chi connectivity index (χ2v) is 4.98. The van der Waals surface area contributed by atoms with E-state index in [-0.39, 0.29) is 6.10 Å². The molecule has 1 aromatic rings. The van der Waals surface area contributed by atoms with Crippen LogP contribution in [0.25, 0.3) is 0 Å². The van der Waals surface area contributed by atoms with E-state index in [0.717, 1.165) is 25.4 Å². The molecule has 19 heavy (non-hydrogen) atoms. The molecule has 1 aliphatic heterocycles. The van der Waals surface area contributed by atoms with Gasteiger partial charge in [-0.3, -0.25) is 4.90 Å². The summed E-state index contributed by atoms with van der Waals surface area (Å²) in [6.45, 7) is 7.50. The van der Waals surface area contributed by atoms with E-state index in [1.807, 2.05) is 12.1 Å². The van der Waals surface area contributed by atoms with Crippen LogP contribution >= 0.6 is 0 Å². The SMILES string of the molecule is C[C@@H]1CO[C@@H](C)CN1CCOc1cccc(C#N)c1. The third-order valence-corrected chi connectivity index (χ3v) is 3.35. The van der Waals surface area contributed by atoms with E-state index in [9.17, 15) is 0 Å². The lowest BCUT2D eigenvalue weighted by molar-refractivity contribution is -0.0522. The second kappa shape index (κ2) is 6.55. The Hall–Kier alpha value is -1.57. The molecule has 0 saturated carbocycles. The molecule has 2 atom stereocenters. The van der Waals surface area contributed by atoms with Crippen LogP contribution in [0.5, 0.6) is 5.75 Å². The van der Waals surface area contributed by atoms with Crippen LogP contribution in [-0.2, 0) is 4.74 Å². The van der Waals surface area contributed by atoms with Gasteiger partial charge < -0.3 is 9.47 Å². The predicted octanol–water partition coefficient (Wildman–Crippen LogP) is 2.05. The van der Waals surface area contributed by atoms with Crippen molar-refractivity contribution >= 4 is 0 Å². The number of nitrogens with zero attached hydrogens (tertiary/aromatic N) is 2. The Morgan fingerprint density at radius 3 is 3.11 bits per heavy atom. The number of hydrogen-bond acceptors (Lipinski definition) is 4. The molecule has 0 N–H and O–H groups in total. The van der Waals surface area contributed by atoms with E-state index in [0.29, 0.717) is 18.2 Å². The molecule has 0 aliphatic carbocycles. The summed E-state index contributed by atoms with van der Waals surface area (Å²) in [5, 5.41) is 8.83. The highest BCUT2D eigenvalue weighted by Gasteiger charge is 2.22. The largest absolute Gasteiger partial charge is 0.492 e. The standard InChI is InChI=1S/C15H20N2O2/c1-12-11-19-13(2)10-17(12)6-7-18-15-5-3-4-14(8-15)9-16/h3-5,8,12-13H,6-7,10-11H2,1-2H3/t12-,13+/m1/s1. The summed E-state index contributed by atoms with van der Waals surface area (Å²) in [6.07, 6.45) is 0.290. The molecule has 4 nitrogen and oxygen atoms in total. The highest BCUT2D eigenvalue weighted by Crippen LogP contribution is 2.14. The van der Waals surface area contributed by atoms with Gasteiger partial charge in [-0.1, -0.05) is 6.07 Å². The zero-order chi connectivity index (χ0) is 13.7. The highest BCUT2D eigenvalue weighted by molar-refractivity contribution is 5.36. The minimum Gasteiger partial charge on any atom is -0.492 e. The molecular formula is C15H20N2O2. The van der Waals surface area contributed by atoms with Crippen molar-refractivity contribution in [1.82, 2.24) is 4.90 Å². The summed E-state index contributed by atoms with van der Waals surface area (Å²) < 4.78 is 11.3. The first kappa shape index (κ1) is 13.9. The Kier molecular flexibility index (Phi) is 4.78. The summed E-state index contributed by atoms with van der Waals surface area (Å²) >= 11 is 0. The third-order valence-electron chi connectivity index (χ3n) is 3.35. The second-order valence-electron chi connectivity index (χ2n) is 4.98. The number of rotatable bonds is 4. The van der Waals surface area contributed by atoms with Crippen molar-refractivity contribution in [3.05, 3.63) is 29.8 Å². The average molecular weight is 260 g/mol. The summed E-state index contributed by atoms with van der Waals surface area (Å²) in [4.78, 5) is 2.38. The molecule has 102 valence electrons. The number of ether oxygens (including phenoxy) is 2. The number of nitriles is 1. The van der Waals surface area contributed by atoms with Gasteiger partial charge in [-0.15, -0.1) is 0 Å². The number of morpholine rings is 1. The first-order valence-electron chi connectivity index (χ1n) is 6.67. The van der Waals surface area contributed by atoms with Gasteiger partial charge in [0.2, 0.25) is 0 Å². The molecule has 1 fully saturated rings. The van der Waals surface area contributed by atoms with Crippen molar-refractivity contribution in [3.63, 3.8) is 0 Å². The van der Waals surface area contributed by atoms with Crippen molar-refractivity contribution in [1.29, 1.82) is 5.26 Å². The van der Waals surface area contributed by atoms with Crippen LogP contribution in [0.2, 0.25) is 0 Å². The average Bonchev–Trinajstić information content (AvgIpc) is 2.43. The van der Waals surface area contributed by atoms with Gasteiger partial charge in [0.25, 0.3) is 0 Å². The zero-order valence-electron chi connectivity index (χ0n) is 11.5. The monoisotopic (exact) mass is 260 g/mol. The maximum atomic E-state index is 8.83.